The van der Waals surface area contributed by atoms with Gasteiger partial charge in [-0.2, -0.15) is 0 Å². The zero-order valence-corrected chi connectivity index (χ0v) is 11.2. The van der Waals surface area contributed by atoms with Crippen molar-refractivity contribution in [1.82, 2.24) is 10.2 Å². The number of likely N-dealkylation sites (N-methyl/N-ethyl adjacent to an activating group) is 1. The summed E-state index contributed by atoms with van der Waals surface area (Å²) in [4.78, 5) is 2.22. The second-order valence-corrected chi connectivity index (χ2v) is 7.27. The molecule has 0 saturated carbocycles. The van der Waals surface area contributed by atoms with E-state index in [1.54, 1.807) is 0 Å². The average molecular weight is 262 g/mol. The molecule has 2 aliphatic rings. The summed E-state index contributed by atoms with van der Waals surface area (Å²) in [5.41, 5.74) is 0. The Hall–Kier alpha value is -0.170. The maximum atomic E-state index is 11.3. The fourth-order valence-corrected chi connectivity index (χ4v) is 3.79. The van der Waals surface area contributed by atoms with Gasteiger partial charge in [0.1, 0.15) is 0 Å². The van der Waals surface area contributed by atoms with Crippen LogP contribution in [-0.2, 0) is 14.6 Å². The molecule has 0 aliphatic carbocycles. The highest BCUT2D eigenvalue weighted by atomic mass is 32.2. The Kier molecular flexibility index (Phi) is 4.41. The van der Waals surface area contributed by atoms with Crippen LogP contribution in [0.2, 0.25) is 0 Å². The zero-order chi connectivity index (χ0) is 12.3. The van der Waals surface area contributed by atoms with Crippen LogP contribution in [0.3, 0.4) is 0 Å². The van der Waals surface area contributed by atoms with Crippen molar-refractivity contribution >= 4 is 9.84 Å². The maximum absolute atomic E-state index is 11.3. The molecule has 2 atom stereocenters. The molecule has 0 aromatic rings. The lowest BCUT2D eigenvalue weighted by Gasteiger charge is -2.28. The van der Waals surface area contributed by atoms with Crippen molar-refractivity contribution in [3.05, 3.63) is 0 Å². The Morgan fingerprint density at radius 3 is 2.53 bits per heavy atom. The molecule has 2 aliphatic heterocycles. The van der Waals surface area contributed by atoms with Gasteiger partial charge in [0, 0.05) is 26.2 Å². The standard InChI is InChI=1S/C11H22N2O3S/c1-12-8-10-2-3-11(16-10)9-13-4-6-17(14,15)7-5-13/h10-12H,2-9H2,1H3. The lowest BCUT2D eigenvalue weighted by molar-refractivity contribution is 0.0257. The molecule has 0 aromatic carbocycles. The minimum Gasteiger partial charge on any atom is -0.372 e. The normalized spacial score (nSPS) is 33.9. The molecule has 0 amide bonds. The number of nitrogens with one attached hydrogen (secondary N) is 1. The van der Waals surface area contributed by atoms with Gasteiger partial charge in [-0.3, -0.25) is 4.90 Å². The van der Waals surface area contributed by atoms with Crippen molar-refractivity contribution < 1.29 is 13.2 Å². The molecule has 17 heavy (non-hydrogen) atoms. The Bertz CT molecular complexity index is 331. The van der Waals surface area contributed by atoms with Crippen molar-refractivity contribution in [2.24, 2.45) is 0 Å². The fourth-order valence-electron chi connectivity index (χ4n) is 2.51. The van der Waals surface area contributed by atoms with Gasteiger partial charge >= 0.3 is 0 Å². The molecule has 1 N–H and O–H groups in total. The Balaban J connectivity index is 1.72. The minimum absolute atomic E-state index is 0.286. The molecule has 2 saturated heterocycles. The molecule has 2 rings (SSSR count). The topological polar surface area (TPSA) is 58.6 Å². The quantitative estimate of drug-likeness (QED) is 0.739. The van der Waals surface area contributed by atoms with Crippen LogP contribution in [0.5, 0.6) is 0 Å². The van der Waals surface area contributed by atoms with Crippen LogP contribution < -0.4 is 5.32 Å². The third-order valence-corrected chi connectivity index (χ3v) is 5.14. The summed E-state index contributed by atoms with van der Waals surface area (Å²) in [6.45, 7) is 3.12. The first-order chi connectivity index (χ1) is 8.09. The Morgan fingerprint density at radius 1 is 1.24 bits per heavy atom. The van der Waals surface area contributed by atoms with Gasteiger partial charge in [0.2, 0.25) is 0 Å². The first-order valence-electron chi connectivity index (χ1n) is 6.32. The number of sulfone groups is 1. The summed E-state index contributed by atoms with van der Waals surface area (Å²) in [7, 11) is -0.824. The number of hydrogen-bond donors (Lipinski definition) is 1. The van der Waals surface area contributed by atoms with Crippen molar-refractivity contribution in [1.29, 1.82) is 0 Å². The second kappa shape index (κ2) is 5.65. The zero-order valence-electron chi connectivity index (χ0n) is 10.4. The third kappa shape index (κ3) is 3.91. The van der Waals surface area contributed by atoms with Crippen LogP contribution in [0.1, 0.15) is 12.8 Å². The SMILES string of the molecule is CNCC1CCC(CN2CCS(=O)(=O)CC2)O1. The first kappa shape index (κ1) is 13.3. The monoisotopic (exact) mass is 262 g/mol. The molecule has 0 bridgehead atoms. The van der Waals surface area contributed by atoms with Crippen LogP contribution in [-0.4, -0.2) is 70.3 Å². The summed E-state index contributed by atoms with van der Waals surface area (Å²) >= 11 is 0. The number of nitrogens with zero attached hydrogens (tertiary/aromatic N) is 1. The van der Waals surface area contributed by atoms with Crippen molar-refractivity contribution in [3.63, 3.8) is 0 Å². The van der Waals surface area contributed by atoms with E-state index >= 15 is 0 Å². The predicted molar refractivity (Wildman–Crippen MR) is 66.9 cm³/mol. The van der Waals surface area contributed by atoms with E-state index in [0.29, 0.717) is 30.7 Å². The smallest absolute Gasteiger partial charge is 0.152 e. The Labute approximate surface area is 103 Å². The van der Waals surface area contributed by atoms with Gasteiger partial charge in [0.05, 0.1) is 23.7 Å². The van der Waals surface area contributed by atoms with Gasteiger partial charge in [-0.25, -0.2) is 8.42 Å². The molecule has 6 heteroatoms. The van der Waals surface area contributed by atoms with Crippen LogP contribution >= 0.6 is 0 Å². The molecule has 2 unspecified atom stereocenters. The summed E-state index contributed by atoms with van der Waals surface area (Å²) in [5.74, 6) is 0.610. The van der Waals surface area contributed by atoms with E-state index in [0.717, 1.165) is 25.9 Å². The van der Waals surface area contributed by atoms with E-state index in [1.807, 2.05) is 7.05 Å². The van der Waals surface area contributed by atoms with Crippen molar-refractivity contribution in [2.45, 2.75) is 25.0 Å². The van der Waals surface area contributed by atoms with E-state index in [9.17, 15) is 8.42 Å². The van der Waals surface area contributed by atoms with Gasteiger partial charge in [-0.05, 0) is 19.9 Å². The number of ether oxygens (including phenoxy) is 1. The molecular weight excluding hydrogens is 240 g/mol. The number of rotatable bonds is 4. The fraction of sp³-hybridized carbons (Fsp3) is 1.00. The molecular formula is C11H22N2O3S. The van der Waals surface area contributed by atoms with E-state index in [4.69, 9.17) is 4.74 Å². The largest absolute Gasteiger partial charge is 0.372 e. The summed E-state index contributed by atoms with van der Waals surface area (Å²) in [6, 6.07) is 0. The molecule has 0 radical (unpaired) electrons. The van der Waals surface area contributed by atoms with Crippen LogP contribution in [0.4, 0.5) is 0 Å². The predicted octanol–water partition coefficient (Wildman–Crippen LogP) is -0.516. The molecule has 2 heterocycles. The lowest BCUT2D eigenvalue weighted by Crippen LogP contribution is -2.43. The van der Waals surface area contributed by atoms with Gasteiger partial charge in [0.25, 0.3) is 0 Å². The van der Waals surface area contributed by atoms with Crippen molar-refractivity contribution in [2.75, 3.05) is 44.7 Å². The Morgan fingerprint density at radius 2 is 1.88 bits per heavy atom. The first-order valence-corrected chi connectivity index (χ1v) is 8.14. The van der Waals surface area contributed by atoms with Crippen molar-refractivity contribution in [3.8, 4) is 0 Å². The van der Waals surface area contributed by atoms with E-state index < -0.39 is 9.84 Å². The van der Waals surface area contributed by atoms with Gasteiger partial charge in [-0.15, -0.1) is 0 Å². The number of hydrogen-bond acceptors (Lipinski definition) is 5. The van der Waals surface area contributed by atoms with E-state index in [-0.39, 0.29) is 6.10 Å². The van der Waals surface area contributed by atoms with E-state index in [1.165, 1.54) is 0 Å². The minimum atomic E-state index is -2.76. The lowest BCUT2D eigenvalue weighted by atomic mass is 10.2. The summed E-state index contributed by atoms with van der Waals surface area (Å²) in [5, 5.41) is 3.13. The highest BCUT2D eigenvalue weighted by Crippen LogP contribution is 2.20. The molecule has 2 fully saturated rings. The highest BCUT2D eigenvalue weighted by molar-refractivity contribution is 7.91. The average Bonchev–Trinajstić information content (AvgIpc) is 2.70. The van der Waals surface area contributed by atoms with Crippen LogP contribution in [0.15, 0.2) is 0 Å². The molecule has 0 spiro atoms. The summed E-state index contributed by atoms with van der Waals surface area (Å²) in [6.07, 6.45) is 2.82. The second-order valence-electron chi connectivity index (χ2n) is 4.97. The van der Waals surface area contributed by atoms with Crippen LogP contribution in [0.25, 0.3) is 0 Å². The van der Waals surface area contributed by atoms with Crippen LogP contribution in [0, 0.1) is 0 Å². The summed E-state index contributed by atoms with van der Waals surface area (Å²) < 4.78 is 28.5. The van der Waals surface area contributed by atoms with Gasteiger partial charge < -0.3 is 10.1 Å². The molecule has 0 aromatic heterocycles. The van der Waals surface area contributed by atoms with Gasteiger partial charge in [0.15, 0.2) is 9.84 Å². The third-order valence-electron chi connectivity index (χ3n) is 3.53. The van der Waals surface area contributed by atoms with E-state index in [2.05, 4.69) is 10.2 Å². The molecule has 100 valence electrons. The maximum Gasteiger partial charge on any atom is 0.152 e. The highest BCUT2D eigenvalue weighted by Gasteiger charge is 2.28. The molecule has 5 nitrogen and oxygen atoms in total. The van der Waals surface area contributed by atoms with Gasteiger partial charge in [-0.1, -0.05) is 0 Å².